The lowest BCUT2D eigenvalue weighted by molar-refractivity contribution is -0.128. The van der Waals surface area contributed by atoms with Crippen molar-refractivity contribution in [1.29, 1.82) is 0 Å². The molecule has 0 saturated carbocycles. The van der Waals surface area contributed by atoms with Gasteiger partial charge in [-0.15, -0.1) is 0 Å². The third kappa shape index (κ3) is 3.99. The molecule has 1 saturated heterocycles. The second kappa shape index (κ2) is 7.26. The van der Waals surface area contributed by atoms with Crippen molar-refractivity contribution in [2.24, 2.45) is 5.92 Å². The van der Waals surface area contributed by atoms with E-state index in [9.17, 15) is 9.59 Å². The van der Waals surface area contributed by atoms with Crippen LogP contribution in [0.15, 0.2) is 60.7 Å². The van der Waals surface area contributed by atoms with E-state index in [4.69, 9.17) is 0 Å². The molecule has 0 radical (unpaired) electrons. The molecule has 0 aliphatic carbocycles. The summed E-state index contributed by atoms with van der Waals surface area (Å²) in [5, 5.41) is 0. The van der Waals surface area contributed by atoms with Gasteiger partial charge < -0.3 is 4.90 Å². The second-order valence-corrected chi connectivity index (χ2v) is 6.26. The number of hydrogen-bond acceptors (Lipinski definition) is 2. The van der Waals surface area contributed by atoms with Crippen molar-refractivity contribution in [3.05, 3.63) is 77.4 Å². The van der Waals surface area contributed by atoms with E-state index in [2.05, 4.69) is 6.08 Å². The minimum atomic E-state index is 0.0727. The highest BCUT2D eigenvalue weighted by molar-refractivity contribution is 5.94. The largest absolute Gasteiger partial charge is 0.338 e. The first-order chi connectivity index (χ1) is 11.6. The topological polar surface area (TPSA) is 37.4 Å². The normalized spacial score (nSPS) is 17.6. The van der Waals surface area contributed by atoms with Crippen molar-refractivity contribution in [3.8, 4) is 0 Å². The van der Waals surface area contributed by atoms with Crippen LogP contribution in [0.3, 0.4) is 0 Å². The maximum Gasteiger partial charge on any atom is 0.223 e. The van der Waals surface area contributed by atoms with Crippen molar-refractivity contribution in [1.82, 2.24) is 4.90 Å². The predicted molar refractivity (Wildman–Crippen MR) is 95.4 cm³/mol. The molecule has 3 nitrogen and oxygen atoms in total. The number of ketones is 1. The van der Waals surface area contributed by atoms with E-state index in [-0.39, 0.29) is 17.6 Å². The molecule has 2 aromatic carbocycles. The van der Waals surface area contributed by atoms with E-state index in [1.165, 1.54) is 0 Å². The Morgan fingerprint density at radius 3 is 2.50 bits per heavy atom. The van der Waals surface area contributed by atoms with Crippen LogP contribution in [0.25, 0.3) is 6.08 Å². The van der Waals surface area contributed by atoms with E-state index < -0.39 is 0 Å². The van der Waals surface area contributed by atoms with Crippen LogP contribution in [0, 0.1) is 5.92 Å². The number of amides is 1. The maximum atomic E-state index is 12.2. The molecule has 1 fully saturated rings. The standard InChI is InChI=1S/C21H21NO2/c1-16(23)20-11-9-17(10-12-20)7-8-19-13-21(24)22(15-19)14-18-5-3-2-4-6-18/h2-12,19H,13-15H2,1H3/b8-7+. The summed E-state index contributed by atoms with van der Waals surface area (Å²) in [6.07, 6.45) is 4.70. The smallest absolute Gasteiger partial charge is 0.223 e. The van der Waals surface area contributed by atoms with E-state index in [1.54, 1.807) is 6.92 Å². The van der Waals surface area contributed by atoms with Gasteiger partial charge in [0.15, 0.2) is 5.78 Å². The Kier molecular flexibility index (Phi) is 4.90. The first kappa shape index (κ1) is 16.2. The summed E-state index contributed by atoms with van der Waals surface area (Å²) in [6.45, 7) is 3.00. The summed E-state index contributed by atoms with van der Waals surface area (Å²) < 4.78 is 0. The van der Waals surface area contributed by atoms with E-state index >= 15 is 0 Å². The Morgan fingerprint density at radius 1 is 1.12 bits per heavy atom. The Labute approximate surface area is 142 Å². The van der Waals surface area contributed by atoms with Gasteiger partial charge in [0, 0.05) is 31.0 Å². The van der Waals surface area contributed by atoms with Crippen LogP contribution in [-0.4, -0.2) is 23.1 Å². The van der Waals surface area contributed by atoms with Gasteiger partial charge in [-0.1, -0.05) is 66.7 Å². The quantitative estimate of drug-likeness (QED) is 0.783. The third-order valence-electron chi connectivity index (χ3n) is 4.34. The molecule has 0 aromatic heterocycles. The van der Waals surface area contributed by atoms with Gasteiger partial charge in [0.2, 0.25) is 5.91 Å². The highest BCUT2D eigenvalue weighted by Gasteiger charge is 2.27. The number of Topliss-reactive ketones (excluding diaryl/α,β-unsaturated/α-hetero) is 1. The molecule has 24 heavy (non-hydrogen) atoms. The third-order valence-corrected chi connectivity index (χ3v) is 4.34. The van der Waals surface area contributed by atoms with Crippen LogP contribution < -0.4 is 0 Å². The number of carbonyl (C=O) groups is 2. The molecule has 1 amide bonds. The molecule has 0 spiro atoms. The lowest BCUT2D eigenvalue weighted by Crippen LogP contribution is -2.24. The molecular formula is C21H21NO2. The molecule has 0 bridgehead atoms. The monoisotopic (exact) mass is 319 g/mol. The fourth-order valence-corrected chi connectivity index (χ4v) is 2.96. The molecule has 1 aliphatic rings. The first-order valence-electron chi connectivity index (χ1n) is 8.23. The highest BCUT2D eigenvalue weighted by atomic mass is 16.2. The first-order valence-corrected chi connectivity index (χ1v) is 8.23. The fraction of sp³-hybridized carbons (Fsp3) is 0.238. The summed E-state index contributed by atoms with van der Waals surface area (Å²) in [6, 6.07) is 17.6. The number of rotatable bonds is 5. The molecule has 2 aromatic rings. The van der Waals surface area contributed by atoms with Crippen molar-refractivity contribution in [2.45, 2.75) is 19.9 Å². The number of carbonyl (C=O) groups excluding carboxylic acids is 2. The van der Waals surface area contributed by atoms with Crippen LogP contribution in [-0.2, 0) is 11.3 Å². The second-order valence-electron chi connectivity index (χ2n) is 6.26. The van der Waals surface area contributed by atoms with Crippen molar-refractivity contribution >= 4 is 17.8 Å². The highest BCUT2D eigenvalue weighted by Crippen LogP contribution is 2.22. The van der Waals surface area contributed by atoms with Gasteiger partial charge in [-0.3, -0.25) is 9.59 Å². The van der Waals surface area contributed by atoms with Crippen molar-refractivity contribution in [2.75, 3.05) is 6.54 Å². The van der Waals surface area contributed by atoms with Crippen LogP contribution in [0.1, 0.15) is 34.8 Å². The zero-order valence-electron chi connectivity index (χ0n) is 13.8. The number of nitrogens with zero attached hydrogens (tertiary/aromatic N) is 1. The Balaban J connectivity index is 1.60. The van der Waals surface area contributed by atoms with Crippen molar-refractivity contribution < 1.29 is 9.59 Å². The molecule has 3 rings (SSSR count). The lowest BCUT2D eigenvalue weighted by Gasteiger charge is -2.15. The summed E-state index contributed by atoms with van der Waals surface area (Å²) in [5.41, 5.74) is 2.93. The molecule has 0 N–H and O–H groups in total. The fourth-order valence-electron chi connectivity index (χ4n) is 2.96. The van der Waals surface area contributed by atoms with Gasteiger partial charge in [0.25, 0.3) is 0 Å². The average molecular weight is 319 g/mol. The molecule has 1 atom stereocenters. The van der Waals surface area contributed by atoms with E-state index in [1.807, 2.05) is 65.6 Å². The van der Waals surface area contributed by atoms with Gasteiger partial charge in [-0.05, 0) is 18.1 Å². The van der Waals surface area contributed by atoms with E-state index in [0.717, 1.165) is 23.2 Å². The van der Waals surface area contributed by atoms with Crippen LogP contribution in [0.5, 0.6) is 0 Å². The number of likely N-dealkylation sites (tertiary alicyclic amines) is 1. The maximum absolute atomic E-state index is 12.2. The molecule has 3 heteroatoms. The minimum Gasteiger partial charge on any atom is -0.338 e. The average Bonchev–Trinajstić information content (AvgIpc) is 2.94. The predicted octanol–water partition coefficient (Wildman–Crippen LogP) is 3.95. The van der Waals surface area contributed by atoms with Gasteiger partial charge in [-0.25, -0.2) is 0 Å². The van der Waals surface area contributed by atoms with Gasteiger partial charge in [-0.2, -0.15) is 0 Å². The molecule has 122 valence electrons. The summed E-state index contributed by atoms with van der Waals surface area (Å²) >= 11 is 0. The zero-order chi connectivity index (χ0) is 16.9. The molecule has 1 heterocycles. The number of benzene rings is 2. The van der Waals surface area contributed by atoms with Gasteiger partial charge >= 0.3 is 0 Å². The molecule has 1 unspecified atom stereocenters. The number of hydrogen-bond donors (Lipinski definition) is 0. The van der Waals surface area contributed by atoms with Gasteiger partial charge in [0.05, 0.1) is 0 Å². The SMILES string of the molecule is CC(=O)c1ccc(/C=C/C2CC(=O)N(Cc3ccccc3)C2)cc1. The summed E-state index contributed by atoms with van der Waals surface area (Å²) in [7, 11) is 0. The lowest BCUT2D eigenvalue weighted by atomic mass is 10.0. The van der Waals surface area contributed by atoms with E-state index in [0.29, 0.717) is 13.0 Å². The van der Waals surface area contributed by atoms with Crippen LogP contribution >= 0.6 is 0 Å². The zero-order valence-corrected chi connectivity index (χ0v) is 13.8. The molecule has 1 aliphatic heterocycles. The Hall–Kier alpha value is -2.68. The Morgan fingerprint density at radius 2 is 1.83 bits per heavy atom. The van der Waals surface area contributed by atoms with Gasteiger partial charge in [0.1, 0.15) is 0 Å². The van der Waals surface area contributed by atoms with Crippen LogP contribution in [0.4, 0.5) is 0 Å². The van der Waals surface area contributed by atoms with Crippen molar-refractivity contribution in [3.63, 3.8) is 0 Å². The summed E-state index contributed by atoms with van der Waals surface area (Å²) in [5.74, 6) is 0.526. The summed E-state index contributed by atoms with van der Waals surface area (Å²) in [4.78, 5) is 25.4. The Bertz CT molecular complexity index is 747. The van der Waals surface area contributed by atoms with Crippen LogP contribution in [0.2, 0.25) is 0 Å². The molecular weight excluding hydrogens is 298 g/mol. The minimum absolute atomic E-state index is 0.0727.